The number of nitrogens with zero attached hydrogens (tertiary/aromatic N) is 2. The number of halogens is 1. The topological polar surface area (TPSA) is 81.9 Å². The van der Waals surface area contributed by atoms with Crippen LogP contribution in [0.3, 0.4) is 0 Å². The molecule has 1 aliphatic heterocycles. The minimum atomic E-state index is -0.436. The molecular weight excluding hydrogens is 551 g/mol. The number of rotatable bonds is 8. The normalized spacial score (nSPS) is 14.9. The van der Waals surface area contributed by atoms with Crippen molar-refractivity contribution in [2.45, 2.75) is 20.5 Å². The van der Waals surface area contributed by atoms with E-state index in [2.05, 4.69) is 22.6 Å². The summed E-state index contributed by atoms with van der Waals surface area (Å²) in [5, 5.41) is 11.0. The van der Waals surface area contributed by atoms with Crippen LogP contribution >= 0.6 is 46.6 Å². The molecule has 162 valence electrons. The van der Waals surface area contributed by atoms with Gasteiger partial charge in [0.25, 0.3) is 11.6 Å². The molecule has 2 aromatic carbocycles. The van der Waals surface area contributed by atoms with Gasteiger partial charge in [-0.15, -0.1) is 0 Å². The molecule has 0 saturated carbocycles. The maximum absolute atomic E-state index is 12.5. The van der Waals surface area contributed by atoms with Gasteiger partial charge in [-0.25, -0.2) is 0 Å². The number of amides is 1. The van der Waals surface area contributed by atoms with Gasteiger partial charge >= 0.3 is 0 Å². The van der Waals surface area contributed by atoms with Gasteiger partial charge in [-0.3, -0.25) is 19.8 Å². The second kappa shape index (κ2) is 10.4. The van der Waals surface area contributed by atoms with Crippen molar-refractivity contribution < 1.29 is 19.2 Å². The predicted molar refractivity (Wildman–Crippen MR) is 133 cm³/mol. The Kier molecular flexibility index (Phi) is 7.89. The maximum Gasteiger partial charge on any atom is 0.269 e. The van der Waals surface area contributed by atoms with E-state index < -0.39 is 4.92 Å². The van der Waals surface area contributed by atoms with Gasteiger partial charge in [0.2, 0.25) is 0 Å². The molecule has 31 heavy (non-hydrogen) atoms. The van der Waals surface area contributed by atoms with Crippen LogP contribution in [-0.4, -0.2) is 33.2 Å². The van der Waals surface area contributed by atoms with Crippen LogP contribution in [0.25, 0.3) is 6.08 Å². The van der Waals surface area contributed by atoms with E-state index in [1.54, 1.807) is 23.1 Å². The monoisotopic (exact) mass is 570 g/mol. The van der Waals surface area contributed by atoms with Crippen LogP contribution in [-0.2, 0) is 11.4 Å². The Hall–Kier alpha value is -2.18. The lowest BCUT2D eigenvalue weighted by Crippen LogP contribution is -2.27. The Morgan fingerprint density at radius 3 is 2.68 bits per heavy atom. The van der Waals surface area contributed by atoms with Gasteiger partial charge in [-0.1, -0.05) is 36.1 Å². The number of hydrogen-bond acceptors (Lipinski definition) is 7. The molecule has 0 aliphatic carbocycles. The highest BCUT2D eigenvalue weighted by molar-refractivity contribution is 14.1. The van der Waals surface area contributed by atoms with E-state index in [-0.39, 0.29) is 18.2 Å². The number of nitro groups is 1. The van der Waals surface area contributed by atoms with Crippen molar-refractivity contribution in [3.63, 3.8) is 0 Å². The smallest absolute Gasteiger partial charge is 0.269 e. The molecule has 0 unspecified atom stereocenters. The first-order chi connectivity index (χ1) is 14.8. The molecule has 1 aliphatic rings. The summed E-state index contributed by atoms with van der Waals surface area (Å²) in [4.78, 5) is 25.2. The van der Waals surface area contributed by atoms with Crippen LogP contribution in [0, 0.1) is 13.7 Å². The van der Waals surface area contributed by atoms with Gasteiger partial charge in [0.05, 0.1) is 20.0 Å². The van der Waals surface area contributed by atoms with E-state index in [4.69, 9.17) is 21.7 Å². The van der Waals surface area contributed by atoms with Gasteiger partial charge in [0.15, 0.2) is 11.5 Å². The fourth-order valence-corrected chi connectivity index (χ4v) is 5.08. The van der Waals surface area contributed by atoms with Gasteiger partial charge < -0.3 is 9.47 Å². The highest BCUT2D eigenvalue weighted by Gasteiger charge is 2.30. The molecule has 1 amide bonds. The number of carbonyl (C=O) groups excluding carboxylic acids is 1. The number of benzene rings is 2. The molecule has 1 heterocycles. The summed E-state index contributed by atoms with van der Waals surface area (Å²) in [6.45, 7) is 4.89. The van der Waals surface area contributed by atoms with E-state index in [0.29, 0.717) is 39.4 Å². The first-order valence-electron chi connectivity index (χ1n) is 9.41. The third-order valence-corrected chi connectivity index (χ3v) is 6.50. The number of ether oxygens (including phenoxy) is 2. The molecule has 0 radical (unpaired) electrons. The standard InChI is InChI=1S/C21H19IN2O5S2/c1-3-23-20(25)18(31-21(23)30)11-14-9-16(22)19(17(10-14)28-4-2)29-12-13-6-5-7-15(8-13)24(26)27/h5-11H,3-4,12H2,1-2H3/b18-11-. The molecule has 0 aromatic heterocycles. The molecule has 3 rings (SSSR count). The molecule has 2 aromatic rings. The first-order valence-corrected chi connectivity index (χ1v) is 11.7. The number of non-ortho nitro benzene ring substituents is 1. The molecule has 10 heteroatoms. The lowest BCUT2D eigenvalue weighted by molar-refractivity contribution is -0.384. The molecule has 7 nitrogen and oxygen atoms in total. The largest absolute Gasteiger partial charge is 0.490 e. The summed E-state index contributed by atoms with van der Waals surface area (Å²) in [5.41, 5.74) is 1.49. The Bertz CT molecular complexity index is 1070. The zero-order chi connectivity index (χ0) is 22.5. The minimum absolute atomic E-state index is 0.0144. The van der Waals surface area contributed by atoms with E-state index in [1.807, 2.05) is 26.0 Å². The van der Waals surface area contributed by atoms with E-state index in [9.17, 15) is 14.9 Å². The second-order valence-electron chi connectivity index (χ2n) is 6.40. The SMILES string of the molecule is CCOc1cc(/C=C2\SC(=S)N(CC)C2=O)cc(I)c1OCc1cccc([N+](=O)[O-])c1. The number of hydrogen-bond donors (Lipinski definition) is 0. The lowest BCUT2D eigenvalue weighted by atomic mass is 10.1. The number of likely N-dealkylation sites (N-methyl/N-ethyl adjacent to an activating group) is 1. The van der Waals surface area contributed by atoms with Gasteiger partial charge in [-0.2, -0.15) is 0 Å². The van der Waals surface area contributed by atoms with Crippen LogP contribution in [0.15, 0.2) is 41.3 Å². The second-order valence-corrected chi connectivity index (χ2v) is 9.24. The van der Waals surface area contributed by atoms with Gasteiger partial charge in [0.1, 0.15) is 10.9 Å². The van der Waals surface area contributed by atoms with Crippen LogP contribution in [0.2, 0.25) is 0 Å². The molecule has 0 spiro atoms. The Balaban J connectivity index is 1.86. The average molecular weight is 570 g/mol. The summed E-state index contributed by atoms with van der Waals surface area (Å²) >= 11 is 8.70. The quantitative estimate of drug-likeness (QED) is 0.138. The zero-order valence-electron chi connectivity index (χ0n) is 16.8. The summed E-state index contributed by atoms with van der Waals surface area (Å²) in [6, 6.07) is 10.0. The molecule has 0 N–H and O–H groups in total. The lowest BCUT2D eigenvalue weighted by Gasteiger charge is -2.15. The van der Waals surface area contributed by atoms with Crippen molar-refractivity contribution >= 4 is 68.6 Å². The summed E-state index contributed by atoms with van der Waals surface area (Å²) in [7, 11) is 0. The van der Waals surface area contributed by atoms with Crippen molar-refractivity contribution in [1.82, 2.24) is 4.90 Å². The fourth-order valence-electron chi connectivity index (χ4n) is 2.91. The zero-order valence-corrected chi connectivity index (χ0v) is 20.6. The molecular formula is C21H19IN2O5S2. The molecule has 0 atom stereocenters. The highest BCUT2D eigenvalue weighted by atomic mass is 127. The number of nitro benzene ring substituents is 1. The molecule has 0 bridgehead atoms. The average Bonchev–Trinajstić information content (AvgIpc) is 3.00. The highest BCUT2D eigenvalue weighted by Crippen LogP contribution is 2.38. The van der Waals surface area contributed by atoms with Crippen molar-refractivity contribution in [2.24, 2.45) is 0 Å². The fraction of sp³-hybridized carbons (Fsp3) is 0.238. The Labute approximate surface area is 203 Å². The van der Waals surface area contributed by atoms with Crippen LogP contribution in [0.1, 0.15) is 25.0 Å². The van der Waals surface area contributed by atoms with Crippen molar-refractivity contribution in [1.29, 1.82) is 0 Å². The summed E-state index contributed by atoms with van der Waals surface area (Å²) in [5.74, 6) is 0.987. The third-order valence-electron chi connectivity index (χ3n) is 4.32. The minimum Gasteiger partial charge on any atom is -0.490 e. The van der Waals surface area contributed by atoms with Gasteiger partial charge in [-0.05, 0) is 65.8 Å². The van der Waals surface area contributed by atoms with Gasteiger partial charge in [0, 0.05) is 18.7 Å². The predicted octanol–water partition coefficient (Wildman–Crippen LogP) is 5.40. The van der Waals surface area contributed by atoms with Crippen LogP contribution in [0.5, 0.6) is 11.5 Å². The summed E-state index contributed by atoms with van der Waals surface area (Å²) < 4.78 is 13.1. The van der Waals surface area contributed by atoms with E-state index in [0.717, 1.165) is 9.13 Å². The van der Waals surface area contributed by atoms with Crippen molar-refractivity contribution in [2.75, 3.05) is 13.2 Å². The first kappa shape index (κ1) is 23.5. The van der Waals surface area contributed by atoms with Crippen molar-refractivity contribution in [3.05, 3.63) is 66.1 Å². The Morgan fingerprint density at radius 1 is 1.26 bits per heavy atom. The molecule has 1 fully saturated rings. The number of thioether (sulfide) groups is 1. The summed E-state index contributed by atoms with van der Waals surface area (Å²) in [6.07, 6.45) is 1.80. The maximum atomic E-state index is 12.5. The third kappa shape index (κ3) is 5.55. The van der Waals surface area contributed by atoms with Crippen LogP contribution < -0.4 is 9.47 Å². The van der Waals surface area contributed by atoms with E-state index >= 15 is 0 Å². The number of carbonyl (C=O) groups is 1. The van der Waals surface area contributed by atoms with Crippen LogP contribution in [0.4, 0.5) is 5.69 Å². The Morgan fingerprint density at radius 2 is 2.03 bits per heavy atom. The van der Waals surface area contributed by atoms with Crippen molar-refractivity contribution in [3.8, 4) is 11.5 Å². The number of thiocarbonyl (C=S) groups is 1. The molecule has 1 saturated heterocycles. The van der Waals surface area contributed by atoms with E-state index in [1.165, 1.54) is 23.9 Å².